The lowest BCUT2D eigenvalue weighted by Gasteiger charge is -2.22. The van der Waals surface area contributed by atoms with E-state index < -0.39 is 10.0 Å². The van der Waals surface area contributed by atoms with Crippen molar-refractivity contribution in [1.29, 1.82) is 0 Å². The highest BCUT2D eigenvalue weighted by atomic mass is 32.2. The van der Waals surface area contributed by atoms with E-state index in [2.05, 4.69) is 5.32 Å². The first-order chi connectivity index (χ1) is 10.8. The molecule has 0 aromatic heterocycles. The van der Waals surface area contributed by atoms with Gasteiger partial charge in [-0.25, -0.2) is 8.42 Å². The molecule has 6 nitrogen and oxygen atoms in total. The van der Waals surface area contributed by atoms with Crippen LogP contribution in [0.2, 0.25) is 0 Å². The van der Waals surface area contributed by atoms with E-state index in [9.17, 15) is 13.2 Å². The van der Waals surface area contributed by atoms with E-state index in [1.54, 1.807) is 0 Å². The summed E-state index contributed by atoms with van der Waals surface area (Å²) in [6.07, 6.45) is 2.74. The standard InChI is InChI=1S/C16H24N2O4S/c1-12-6-7-14(9-13(12)2)17-16(19)11-18(23(3,20)21)10-15-5-4-8-22-15/h6-7,9,15H,4-5,8,10-11H2,1-3H3,(H,17,19). The van der Waals surface area contributed by atoms with Crippen LogP contribution in [0.15, 0.2) is 18.2 Å². The largest absolute Gasteiger partial charge is 0.377 e. The number of nitrogens with zero attached hydrogens (tertiary/aromatic N) is 1. The number of carbonyl (C=O) groups excluding carboxylic acids is 1. The molecule has 1 N–H and O–H groups in total. The summed E-state index contributed by atoms with van der Waals surface area (Å²) < 4.78 is 30.4. The van der Waals surface area contributed by atoms with Crippen LogP contribution in [0.5, 0.6) is 0 Å². The molecule has 7 heteroatoms. The summed E-state index contributed by atoms with van der Waals surface area (Å²) in [6.45, 7) is 4.63. The van der Waals surface area contributed by atoms with Gasteiger partial charge in [-0.2, -0.15) is 4.31 Å². The van der Waals surface area contributed by atoms with Crippen LogP contribution in [-0.2, 0) is 19.6 Å². The molecule has 0 saturated carbocycles. The fourth-order valence-electron chi connectivity index (χ4n) is 2.51. The Bertz CT molecular complexity index is 667. The Labute approximate surface area is 137 Å². The van der Waals surface area contributed by atoms with Crippen molar-refractivity contribution < 1.29 is 17.9 Å². The summed E-state index contributed by atoms with van der Waals surface area (Å²) in [6, 6.07) is 5.61. The Morgan fingerprint density at radius 2 is 2.09 bits per heavy atom. The molecule has 1 aliphatic heterocycles. The maximum Gasteiger partial charge on any atom is 0.239 e. The molecule has 0 bridgehead atoms. The zero-order valence-corrected chi connectivity index (χ0v) is 14.6. The van der Waals surface area contributed by atoms with Gasteiger partial charge < -0.3 is 10.1 Å². The second-order valence-electron chi connectivity index (χ2n) is 6.04. The molecule has 0 aliphatic carbocycles. The molecule has 23 heavy (non-hydrogen) atoms. The van der Waals surface area contributed by atoms with E-state index in [4.69, 9.17) is 4.74 Å². The van der Waals surface area contributed by atoms with E-state index >= 15 is 0 Å². The predicted octanol–water partition coefficient (Wildman–Crippen LogP) is 1.68. The number of nitrogens with one attached hydrogen (secondary N) is 1. The number of hydrogen-bond donors (Lipinski definition) is 1. The fraction of sp³-hybridized carbons (Fsp3) is 0.562. The average molecular weight is 340 g/mol. The number of aryl methyl sites for hydroxylation is 2. The van der Waals surface area contributed by atoms with Gasteiger partial charge in [-0.15, -0.1) is 0 Å². The maximum atomic E-state index is 12.2. The van der Waals surface area contributed by atoms with Crippen molar-refractivity contribution in [2.24, 2.45) is 0 Å². The molecule has 1 unspecified atom stereocenters. The highest BCUT2D eigenvalue weighted by Crippen LogP contribution is 2.16. The second-order valence-corrected chi connectivity index (χ2v) is 8.02. The van der Waals surface area contributed by atoms with Gasteiger partial charge in [0.25, 0.3) is 0 Å². The lowest BCUT2D eigenvalue weighted by atomic mass is 10.1. The molecular weight excluding hydrogens is 316 g/mol. The third kappa shape index (κ3) is 5.30. The predicted molar refractivity (Wildman–Crippen MR) is 89.9 cm³/mol. The molecule has 0 spiro atoms. The minimum atomic E-state index is -3.46. The summed E-state index contributed by atoms with van der Waals surface area (Å²) in [7, 11) is -3.46. The van der Waals surface area contributed by atoms with Gasteiger partial charge in [-0.1, -0.05) is 6.07 Å². The van der Waals surface area contributed by atoms with Crippen LogP contribution in [0.25, 0.3) is 0 Å². The second kappa shape index (κ2) is 7.42. The normalized spacial score (nSPS) is 18.3. The minimum absolute atomic E-state index is 0.126. The highest BCUT2D eigenvalue weighted by molar-refractivity contribution is 7.88. The Kier molecular flexibility index (Phi) is 5.78. The lowest BCUT2D eigenvalue weighted by molar-refractivity contribution is -0.116. The van der Waals surface area contributed by atoms with E-state index in [1.165, 1.54) is 4.31 Å². The quantitative estimate of drug-likeness (QED) is 0.855. The van der Waals surface area contributed by atoms with Crippen LogP contribution in [0.4, 0.5) is 5.69 Å². The molecule has 1 aliphatic rings. The van der Waals surface area contributed by atoms with Crippen molar-refractivity contribution >= 4 is 21.6 Å². The summed E-state index contributed by atoms with van der Waals surface area (Å²) in [5.74, 6) is -0.350. The van der Waals surface area contributed by atoms with Crippen LogP contribution in [0.3, 0.4) is 0 Å². The SMILES string of the molecule is Cc1ccc(NC(=O)CN(CC2CCCO2)S(C)(=O)=O)cc1C. The molecule has 1 heterocycles. The van der Waals surface area contributed by atoms with Gasteiger partial charge in [0, 0.05) is 18.8 Å². The number of ether oxygens (including phenoxy) is 1. The number of benzene rings is 1. The molecule has 128 valence electrons. The molecule has 1 saturated heterocycles. The molecule has 0 radical (unpaired) electrons. The van der Waals surface area contributed by atoms with Gasteiger partial charge >= 0.3 is 0 Å². The van der Waals surface area contributed by atoms with Crippen molar-refractivity contribution in [1.82, 2.24) is 4.31 Å². The summed E-state index contributed by atoms with van der Waals surface area (Å²) in [4.78, 5) is 12.2. The van der Waals surface area contributed by atoms with Gasteiger partial charge in [-0.3, -0.25) is 4.79 Å². The zero-order valence-electron chi connectivity index (χ0n) is 13.8. The molecule has 1 aromatic carbocycles. The third-order valence-electron chi connectivity index (χ3n) is 4.01. The smallest absolute Gasteiger partial charge is 0.239 e. The lowest BCUT2D eigenvalue weighted by Crippen LogP contribution is -2.41. The van der Waals surface area contributed by atoms with Crippen LogP contribution in [0, 0.1) is 13.8 Å². The minimum Gasteiger partial charge on any atom is -0.377 e. The number of sulfonamides is 1. The molecule has 2 rings (SSSR count). The van der Waals surface area contributed by atoms with Gasteiger partial charge in [0.1, 0.15) is 0 Å². The summed E-state index contributed by atoms with van der Waals surface area (Å²) in [5, 5.41) is 2.75. The van der Waals surface area contributed by atoms with Gasteiger partial charge in [0.15, 0.2) is 0 Å². The Morgan fingerprint density at radius 1 is 1.35 bits per heavy atom. The Balaban J connectivity index is 2.00. The zero-order chi connectivity index (χ0) is 17.0. The number of carbonyl (C=O) groups is 1. The topological polar surface area (TPSA) is 75.7 Å². The van der Waals surface area contributed by atoms with Crippen molar-refractivity contribution in [2.75, 3.05) is 31.3 Å². The van der Waals surface area contributed by atoms with Crippen molar-refractivity contribution in [3.63, 3.8) is 0 Å². The van der Waals surface area contributed by atoms with E-state index in [1.807, 2.05) is 32.0 Å². The number of rotatable bonds is 6. The van der Waals surface area contributed by atoms with Crippen LogP contribution < -0.4 is 5.32 Å². The first kappa shape index (κ1) is 17.9. The van der Waals surface area contributed by atoms with Gasteiger partial charge in [0.2, 0.25) is 15.9 Å². The monoisotopic (exact) mass is 340 g/mol. The number of amides is 1. The molecule has 1 atom stereocenters. The summed E-state index contributed by atoms with van der Waals surface area (Å²) >= 11 is 0. The van der Waals surface area contributed by atoms with Crippen molar-refractivity contribution in [3.05, 3.63) is 29.3 Å². The van der Waals surface area contributed by atoms with Gasteiger partial charge in [-0.05, 0) is 49.9 Å². The first-order valence-corrected chi connectivity index (χ1v) is 9.54. The molecule has 1 aromatic rings. The highest BCUT2D eigenvalue weighted by Gasteiger charge is 2.26. The van der Waals surface area contributed by atoms with Crippen LogP contribution in [-0.4, -0.2) is 50.7 Å². The van der Waals surface area contributed by atoms with Crippen molar-refractivity contribution in [2.45, 2.75) is 32.8 Å². The molecule has 1 amide bonds. The van der Waals surface area contributed by atoms with Crippen LogP contribution >= 0.6 is 0 Å². The fourth-order valence-corrected chi connectivity index (χ4v) is 3.30. The van der Waals surface area contributed by atoms with E-state index in [0.717, 1.165) is 30.2 Å². The first-order valence-electron chi connectivity index (χ1n) is 7.69. The number of hydrogen-bond acceptors (Lipinski definition) is 4. The third-order valence-corrected chi connectivity index (χ3v) is 5.23. The molecule has 1 fully saturated rings. The molecular formula is C16H24N2O4S. The van der Waals surface area contributed by atoms with Crippen LogP contribution in [0.1, 0.15) is 24.0 Å². The van der Waals surface area contributed by atoms with E-state index in [0.29, 0.717) is 12.3 Å². The van der Waals surface area contributed by atoms with E-state index in [-0.39, 0.29) is 25.1 Å². The number of anilines is 1. The van der Waals surface area contributed by atoms with Crippen molar-refractivity contribution in [3.8, 4) is 0 Å². The Hall–Kier alpha value is -1.44. The average Bonchev–Trinajstić information content (AvgIpc) is 2.94. The maximum absolute atomic E-state index is 12.2. The summed E-state index contributed by atoms with van der Waals surface area (Å²) in [5.41, 5.74) is 2.88. The Morgan fingerprint density at radius 3 is 2.65 bits per heavy atom. The van der Waals surface area contributed by atoms with Gasteiger partial charge in [0.05, 0.1) is 18.9 Å².